The summed E-state index contributed by atoms with van der Waals surface area (Å²) in [5.41, 5.74) is 0.929. The summed E-state index contributed by atoms with van der Waals surface area (Å²) in [7, 11) is -3.75. The van der Waals surface area contributed by atoms with Gasteiger partial charge in [-0.05, 0) is 53.9 Å². The third-order valence-corrected chi connectivity index (χ3v) is 5.83. The van der Waals surface area contributed by atoms with Gasteiger partial charge < -0.3 is 4.74 Å². The first kappa shape index (κ1) is 17.9. The topological polar surface area (TPSA) is 46.6 Å². The quantitative estimate of drug-likeness (QED) is 0.720. The van der Waals surface area contributed by atoms with Crippen LogP contribution in [0.5, 0.6) is 5.75 Å². The molecule has 0 unspecified atom stereocenters. The van der Waals surface area contributed by atoms with Gasteiger partial charge in [0.25, 0.3) is 0 Å². The Bertz CT molecular complexity index is 730. The van der Waals surface area contributed by atoms with Gasteiger partial charge in [0, 0.05) is 13.1 Å². The molecule has 126 valence electrons. The van der Waals surface area contributed by atoms with E-state index in [1.165, 1.54) is 27.8 Å². The van der Waals surface area contributed by atoms with E-state index in [1.54, 1.807) is 6.92 Å². The van der Waals surface area contributed by atoms with E-state index in [0.717, 1.165) is 11.6 Å². The molecular weight excluding hydrogens is 337 g/mol. The lowest BCUT2D eigenvalue weighted by Crippen LogP contribution is -2.31. The first-order valence-electron chi connectivity index (χ1n) is 7.42. The minimum absolute atomic E-state index is 0.0536. The van der Waals surface area contributed by atoms with Crippen LogP contribution in [0.15, 0.2) is 39.9 Å². The van der Waals surface area contributed by atoms with Crippen LogP contribution in [-0.4, -0.2) is 25.9 Å². The standard InChI is InChI=1S/C16H20FNO3S2/c1-3-8-18(11-13-7-9-22-12-13)23(19,20)14-5-6-16(21-4-2)15(17)10-14/h5-7,9-10,12H,3-4,8,11H2,1-2H3. The Morgan fingerprint density at radius 2 is 2.04 bits per heavy atom. The molecule has 0 aliphatic heterocycles. The van der Waals surface area contributed by atoms with Gasteiger partial charge >= 0.3 is 0 Å². The number of thiophene rings is 1. The highest BCUT2D eigenvalue weighted by Gasteiger charge is 2.25. The first-order chi connectivity index (χ1) is 11.0. The summed E-state index contributed by atoms with van der Waals surface area (Å²) in [5.74, 6) is -0.605. The molecule has 0 saturated heterocycles. The molecule has 1 heterocycles. The number of sulfonamides is 1. The summed E-state index contributed by atoms with van der Waals surface area (Å²) < 4.78 is 46.1. The smallest absolute Gasteiger partial charge is 0.243 e. The van der Waals surface area contributed by atoms with Crippen molar-refractivity contribution in [3.05, 3.63) is 46.4 Å². The molecular formula is C16H20FNO3S2. The molecule has 0 N–H and O–H groups in total. The fraction of sp³-hybridized carbons (Fsp3) is 0.375. The minimum atomic E-state index is -3.75. The Hall–Kier alpha value is -1.44. The molecule has 23 heavy (non-hydrogen) atoms. The highest BCUT2D eigenvalue weighted by Crippen LogP contribution is 2.25. The molecule has 0 atom stereocenters. The molecule has 1 aromatic carbocycles. The largest absolute Gasteiger partial charge is 0.491 e. The van der Waals surface area contributed by atoms with Crippen LogP contribution in [0.4, 0.5) is 4.39 Å². The maximum atomic E-state index is 14.0. The Kier molecular flexibility index (Phi) is 6.15. The Balaban J connectivity index is 2.31. The monoisotopic (exact) mass is 357 g/mol. The second kappa shape index (κ2) is 7.90. The number of benzene rings is 1. The molecule has 2 rings (SSSR count). The molecule has 0 aliphatic rings. The fourth-order valence-corrected chi connectivity index (χ4v) is 4.38. The zero-order valence-electron chi connectivity index (χ0n) is 13.2. The number of rotatable bonds is 8. The van der Waals surface area contributed by atoms with Crippen LogP contribution in [0.25, 0.3) is 0 Å². The lowest BCUT2D eigenvalue weighted by Gasteiger charge is -2.21. The normalized spacial score (nSPS) is 11.8. The Morgan fingerprint density at radius 3 is 2.61 bits per heavy atom. The van der Waals surface area contributed by atoms with Crippen molar-refractivity contribution < 1.29 is 17.5 Å². The lowest BCUT2D eigenvalue weighted by molar-refractivity contribution is 0.321. The van der Waals surface area contributed by atoms with Crippen molar-refractivity contribution in [2.75, 3.05) is 13.2 Å². The summed E-state index contributed by atoms with van der Waals surface area (Å²) >= 11 is 1.52. The number of ether oxygens (including phenoxy) is 1. The van der Waals surface area contributed by atoms with Gasteiger partial charge in [-0.1, -0.05) is 6.92 Å². The van der Waals surface area contributed by atoms with Gasteiger partial charge in [-0.15, -0.1) is 0 Å². The molecule has 1 aromatic heterocycles. The van der Waals surface area contributed by atoms with Crippen LogP contribution in [0.1, 0.15) is 25.8 Å². The van der Waals surface area contributed by atoms with Crippen molar-refractivity contribution in [3.63, 3.8) is 0 Å². The summed E-state index contributed by atoms with van der Waals surface area (Å²) in [4.78, 5) is -0.0536. The van der Waals surface area contributed by atoms with Gasteiger partial charge in [-0.25, -0.2) is 12.8 Å². The van der Waals surface area contributed by atoms with Crippen LogP contribution >= 0.6 is 11.3 Å². The lowest BCUT2D eigenvalue weighted by atomic mass is 10.3. The van der Waals surface area contributed by atoms with Crippen LogP contribution in [0.2, 0.25) is 0 Å². The van der Waals surface area contributed by atoms with Gasteiger partial charge in [0.05, 0.1) is 11.5 Å². The highest BCUT2D eigenvalue weighted by atomic mass is 32.2. The minimum Gasteiger partial charge on any atom is -0.491 e. The number of nitrogens with zero attached hydrogens (tertiary/aromatic N) is 1. The van der Waals surface area contributed by atoms with Gasteiger partial charge in [0.2, 0.25) is 10.0 Å². The summed E-state index contributed by atoms with van der Waals surface area (Å²) in [6, 6.07) is 5.67. The van der Waals surface area contributed by atoms with Crippen molar-refractivity contribution in [1.29, 1.82) is 0 Å². The first-order valence-corrected chi connectivity index (χ1v) is 9.81. The van der Waals surface area contributed by atoms with Crippen LogP contribution in [0.3, 0.4) is 0 Å². The zero-order chi connectivity index (χ0) is 16.9. The van der Waals surface area contributed by atoms with E-state index in [-0.39, 0.29) is 17.2 Å². The number of halogens is 1. The molecule has 0 spiro atoms. The maximum Gasteiger partial charge on any atom is 0.243 e. The molecule has 7 heteroatoms. The molecule has 0 radical (unpaired) electrons. The zero-order valence-corrected chi connectivity index (χ0v) is 14.8. The van der Waals surface area contributed by atoms with E-state index in [0.29, 0.717) is 19.6 Å². The summed E-state index contributed by atoms with van der Waals surface area (Å²) in [5, 5.41) is 3.82. The Labute approximate surface area is 140 Å². The van der Waals surface area contributed by atoms with E-state index >= 15 is 0 Å². The van der Waals surface area contributed by atoms with Gasteiger partial charge in [0.1, 0.15) is 0 Å². The van der Waals surface area contributed by atoms with E-state index in [4.69, 9.17) is 4.74 Å². The van der Waals surface area contributed by atoms with Gasteiger partial charge in [0.15, 0.2) is 11.6 Å². The second-order valence-electron chi connectivity index (χ2n) is 5.00. The van der Waals surface area contributed by atoms with Crippen molar-refractivity contribution in [1.82, 2.24) is 4.31 Å². The third-order valence-electron chi connectivity index (χ3n) is 3.25. The van der Waals surface area contributed by atoms with E-state index in [9.17, 15) is 12.8 Å². The second-order valence-corrected chi connectivity index (χ2v) is 7.71. The van der Waals surface area contributed by atoms with Crippen molar-refractivity contribution in [2.45, 2.75) is 31.7 Å². The van der Waals surface area contributed by atoms with Crippen LogP contribution < -0.4 is 4.74 Å². The van der Waals surface area contributed by atoms with Crippen molar-refractivity contribution in [3.8, 4) is 5.75 Å². The van der Waals surface area contributed by atoms with Gasteiger partial charge in [-0.2, -0.15) is 15.6 Å². The molecule has 4 nitrogen and oxygen atoms in total. The summed E-state index contributed by atoms with van der Waals surface area (Å²) in [6.07, 6.45) is 0.683. The average Bonchev–Trinajstić information content (AvgIpc) is 3.02. The van der Waals surface area contributed by atoms with E-state index < -0.39 is 15.8 Å². The predicted octanol–water partition coefficient (Wildman–Crippen LogP) is 3.89. The predicted molar refractivity (Wildman–Crippen MR) is 89.8 cm³/mol. The van der Waals surface area contributed by atoms with Crippen LogP contribution in [-0.2, 0) is 16.6 Å². The highest BCUT2D eigenvalue weighted by molar-refractivity contribution is 7.89. The molecule has 0 fully saturated rings. The Morgan fingerprint density at radius 1 is 1.26 bits per heavy atom. The summed E-state index contributed by atoms with van der Waals surface area (Å²) in [6.45, 7) is 4.65. The number of hydrogen-bond acceptors (Lipinski definition) is 4. The molecule has 0 amide bonds. The molecule has 0 saturated carbocycles. The van der Waals surface area contributed by atoms with Crippen molar-refractivity contribution in [2.24, 2.45) is 0 Å². The third kappa shape index (κ3) is 4.31. The fourth-order valence-electron chi connectivity index (χ4n) is 2.18. The van der Waals surface area contributed by atoms with Crippen molar-refractivity contribution >= 4 is 21.4 Å². The van der Waals surface area contributed by atoms with E-state index in [1.807, 2.05) is 23.8 Å². The molecule has 0 aliphatic carbocycles. The maximum absolute atomic E-state index is 14.0. The number of hydrogen-bond donors (Lipinski definition) is 0. The van der Waals surface area contributed by atoms with E-state index in [2.05, 4.69) is 0 Å². The molecule has 0 bridgehead atoms. The average molecular weight is 357 g/mol. The van der Waals surface area contributed by atoms with Gasteiger partial charge in [-0.3, -0.25) is 0 Å². The molecule has 2 aromatic rings. The van der Waals surface area contributed by atoms with Crippen LogP contribution in [0, 0.1) is 5.82 Å². The SMILES string of the molecule is CCCN(Cc1ccsc1)S(=O)(=O)c1ccc(OCC)c(F)c1.